The minimum absolute atomic E-state index is 0.00580. The molecule has 10 heteroatoms. The SMILES string of the molecule is O=C1NC(=O)[C@H](CNS(=O)(=O)c2ccc(Oc3ccccc3Cl)cc2)N1. The Labute approximate surface area is 154 Å². The van der Waals surface area contributed by atoms with Crippen molar-refractivity contribution in [3.63, 3.8) is 0 Å². The fourth-order valence-corrected chi connectivity index (χ4v) is 3.44. The first-order chi connectivity index (χ1) is 12.3. The Kier molecular flexibility index (Phi) is 5.12. The Morgan fingerprint density at radius 3 is 2.38 bits per heavy atom. The van der Waals surface area contributed by atoms with Crippen molar-refractivity contribution in [2.75, 3.05) is 6.54 Å². The van der Waals surface area contributed by atoms with Gasteiger partial charge in [-0.15, -0.1) is 0 Å². The number of carbonyl (C=O) groups excluding carboxylic acids is 2. The zero-order valence-corrected chi connectivity index (χ0v) is 14.8. The molecule has 0 spiro atoms. The summed E-state index contributed by atoms with van der Waals surface area (Å²) in [4.78, 5) is 22.4. The number of hydrogen-bond acceptors (Lipinski definition) is 5. The highest BCUT2D eigenvalue weighted by Crippen LogP contribution is 2.29. The summed E-state index contributed by atoms with van der Waals surface area (Å²) >= 11 is 6.01. The molecule has 3 rings (SSSR count). The fraction of sp³-hybridized carbons (Fsp3) is 0.125. The van der Waals surface area contributed by atoms with Gasteiger partial charge in [-0.1, -0.05) is 23.7 Å². The zero-order chi connectivity index (χ0) is 18.7. The van der Waals surface area contributed by atoms with E-state index in [9.17, 15) is 18.0 Å². The maximum Gasteiger partial charge on any atom is 0.322 e. The Morgan fingerprint density at radius 1 is 1.08 bits per heavy atom. The van der Waals surface area contributed by atoms with Gasteiger partial charge in [0, 0.05) is 6.54 Å². The molecule has 0 bridgehead atoms. The number of hydrogen-bond donors (Lipinski definition) is 3. The van der Waals surface area contributed by atoms with Crippen molar-refractivity contribution in [1.29, 1.82) is 0 Å². The molecule has 8 nitrogen and oxygen atoms in total. The number of sulfonamides is 1. The van der Waals surface area contributed by atoms with Gasteiger partial charge in [0.25, 0.3) is 5.91 Å². The van der Waals surface area contributed by atoms with Crippen LogP contribution in [0.15, 0.2) is 53.4 Å². The van der Waals surface area contributed by atoms with Crippen molar-refractivity contribution in [2.24, 2.45) is 0 Å². The number of carbonyl (C=O) groups is 2. The molecule has 2 aromatic rings. The molecule has 1 aliphatic heterocycles. The lowest BCUT2D eigenvalue weighted by Crippen LogP contribution is -2.41. The number of para-hydroxylation sites is 1. The number of amides is 3. The van der Waals surface area contributed by atoms with Crippen molar-refractivity contribution in [3.05, 3.63) is 53.6 Å². The molecule has 3 amide bonds. The van der Waals surface area contributed by atoms with E-state index >= 15 is 0 Å². The van der Waals surface area contributed by atoms with E-state index in [4.69, 9.17) is 16.3 Å². The molecule has 26 heavy (non-hydrogen) atoms. The van der Waals surface area contributed by atoms with Crippen LogP contribution in [0, 0.1) is 0 Å². The largest absolute Gasteiger partial charge is 0.456 e. The molecule has 1 aliphatic rings. The van der Waals surface area contributed by atoms with Crippen LogP contribution in [0.1, 0.15) is 0 Å². The smallest absolute Gasteiger partial charge is 0.322 e. The molecule has 1 fully saturated rings. The van der Waals surface area contributed by atoms with E-state index in [2.05, 4.69) is 10.0 Å². The van der Waals surface area contributed by atoms with Crippen LogP contribution in [0.2, 0.25) is 5.02 Å². The average molecular weight is 396 g/mol. The molecule has 0 aromatic heterocycles. The van der Waals surface area contributed by atoms with E-state index in [1.165, 1.54) is 24.3 Å². The first-order valence-electron chi connectivity index (χ1n) is 7.48. The monoisotopic (exact) mass is 395 g/mol. The second kappa shape index (κ2) is 7.32. The molecule has 0 aliphatic carbocycles. The first kappa shape index (κ1) is 18.2. The maximum atomic E-state index is 12.3. The highest BCUT2D eigenvalue weighted by Gasteiger charge is 2.30. The summed E-state index contributed by atoms with van der Waals surface area (Å²) < 4.78 is 32.4. The normalized spacial score (nSPS) is 16.9. The number of imide groups is 1. The summed E-state index contributed by atoms with van der Waals surface area (Å²) in [6, 6.07) is 11.0. The van der Waals surface area contributed by atoms with Gasteiger partial charge in [0.1, 0.15) is 17.5 Å². The topological polar surface area (TPSA) is 114 Å². The molecule has 1 heterocycles. The summed E-state index contributed by atoms with van der Waals surface area (Å²) in [6.07, 6.45) is 0. The van der Waals surface area contributed by atoms with E-state index in [0.29, 0.717) is 16.5 Å². The lowest BCUT2D eigenvalue weighted by atomic mass is 10.3. The predicted octanol–water partition coefficient (Wildman–Crippen LogP) is 1.62. The molecule has 0 unspecified atom stereocenters. The molecule has 1 atom stereocenters. The molecule has 0 saturated carbocycles. The van der Waals surface area contributed by atoms with Gasteiger partial charge >= 0.3 is 6.03 Å². The molecule has 0 radical (unpaired) electrons. The van der Waals surface area contributed by atoms with Crippen molar-refractivity contribution < 1.29 is 22.7 Å². The Hall–Kier alpha value is -2.62. The number of benzene rings is 2. The van der Waals surface area contributed by atoms with Crippen molar-refractivity contribution in [2.45, 2.75) is 10.9 Å². The van der Waals surface area contributed by atoms with E-state index in [1.54, 1.807) is 24.3 Å². The van der Waals surface area contributed by atoms with Gasteiger partial charge in [-0.3, -0.25) is 10.1 Å². The third-order valence-corrected chi connectivity index (χ3v) is 5.29. The molecular weight excluding hydrogens is 382 g/mol. The Balaban J connectivity index is 1.66. The molecular formula is C16H14ClN3O5S. The van der Waals surface area contributed by atoms with E-state index in [0.717, 1.165) is 0 Å². The Bertz CT molecular complexity index is 947. The molecule has 3 N–H and O–H groups in total. The second-order valence-corrected chi connectivity index (χ2v) is 7.55. The first-order valence-corrected chi connectivity index (χ1v) is 9.35. The highest BCUT2D eigenvalue weighted by molar-refractivity contribution is 7.89. The summed E-state index contributed by atoms with van der Waals surface area (Å²) in [5, 5.41) is 4.77. The quantitative estimate of drug-likeness (QED) is 0.643. The minimum Gasteiger partial charge on any atom is -0.456 e. The summed E-state index contributed by atoms with van der Waals surface area (Å²) in [5.41, 5.74) is 0. The van der Waals surface area contributed by atoms with Crippen LogP contribution in [-0.2, 0) is 14.8 Å². The third kappa shape index (κ3) is 4.13. The van der Waals surface area contributed by atoms with Crippen molar-refractivity contribution in [3.8, 4) is 11.5 Å². The van der Waals surface area contributed by atoms with E-state index in [-0.39, 0.29) is 11.4 Å². The number of urea groups is 1. The van der Waals surface area contributed by atoms with Crippen LogP contribution < -0.4 is 20.1 Å². The van der Waals surface area contributed by atoms with Gasteiger partial charge in [-0.25, -0.2) is 17.9 Å². The second-order valence-electron chi connectivity index (χ2n) is 5.37. The minimum atomic E-state index is -3.85. The number of ether oxygens (including phenoxy) is 1. The summed E-state index contributed by atoms with van der Waals surface area (Å²) in [6.45, 7) is -0.252. The van der Waals surface area contributed by atoms with Gasteiger partial charge in [-0.05, 0) is 36.4 Å². The third-order valence-electron chi connectivity index (χ3n) is 3.53. The van der Waals surface area contributed by atoms with Crippen LogP contribution in [0.3, 0.4) is 0 Å². The highest BCUT2D eigenvalue weighted by atomic mass is 35.5. The van der Waals surface area contributed by atoms with E-state index in [1.807, 2.05) is 5.32 Å². The zero-order valence-electron chi connectivity index (χ0n) is 13.2. The van der Waals surface area contributed by atoms with Gasteiger partial charge in [0.2, 0.25) is 10.0 Å². The van der Waals surface area contributed by atoms with E-state index < -0.39 is 28.0 Å². The van der Waals surface area contributed by atoms with Crippen LogP contribution >= 0.6 is 11.6 Å². The maximum absolute atomic E-state index is 12.3. The number of nitrogens with one attached hydrogen (secondary N) is 3. The molecule has 1 saturated heterocycles. The standard InChI is InChI=1S/C16H14ClN3O5S/c17-12-3-1-2-4-14(12)25-10-5-7-11(8-6-10)26(23,24)18-9-13-15(21)20-16(22)19-13/h1-8,13,18H,9H2,(H2,19,20,21,22)/t13-/m0/s1. The number of halogens is 1. The van der Waals surface area contributed by atoms with Crippen LogP contribution in [0.4, 0.5) is 4.79 Å². The lowest BCUT2D eigenvalue weighted by molar-refractivity contribution is -0.120. The van der Waals surface area contributed by atoms with Crippen molar-refractivity contribution in [1.82, 2.24) is 15.4 Å². The van der Waals surface area contributed by atoms with Crippen LogP contribution in [0.25, 0.3) is 0 Å². The van der Waals surface area contributed by atoms with Crippen molar-refractivity contribution >= 4 is 33.6 Å². The van der Waals surface area contributed by atoms with Gasteiger partial charge in [0.05, 0.1) is 9.92 Å². The molecule has 136 valence electrons. The van der Waals surface area contributed by atoms with Gasteiger partial charge in [0.15, 0.2) is 0 Å². The van der Waals surface area contributed by atoms with Gasteiger partial charge < -0.3 is 10.1 Å². The predicted molar refractivity (Wildman–Crippen MR) is 93.6 cm³/mol. The fourth-order valence-electron chi connectivity index (χ4n) is 2.22. The summed E-state index contributed by atoms with van der Waals surface area (Å²) in [5.74, 6) is 0.284. The van der Waals surface area contributed by atoms with Crippen LogP contribution in [-0.4, -0.2) is 32.9 Å². The lowest BCUT2D eigenvalue weighted by Gasteiger charge is -2.11. The molecule has 2 aromatic carbocycles. The summed E-state index contributed by atoms with van der Waals surface area (Å²) in [7, 11) is -3.85. The Morgan fingerprint density at radius 2 is 1.77 bits per heavy atom. The van der Waals surface area contributed by atoms with Gasteiger partial charge in [-0.2, -0.15) is 0 Å². The number of rotatable bonds is 6. The average Bonchev–Trinajstić information content (AvgIpc) is 2.93. The van der Waals surface area contributed by atoms with Crippen LogP contribution in [0.5, 0.6) is 11.5 Å².